The maximum Gasteiger partial charge on any atom is 0.258 e. The highest BCUT2D eigenvalue weighted by Crippen LogP contribution is 2.29. The Morgan fingerprint density at radius 2 is 1.71 bits per heavy atom. The zero-order chi connectivity index (χ0) is 16.9. The molecule has 1 fully saturated rings. The smallest absolute Gasteiger partial charge is 0.258 e. The first kappa shape index (κ1) is 16.6. The van der Waals surface area contributed by atoms with Gasteiger partial charge in [0.1, 0.15) is 11.6 Å². The first-order chi connectivity index (χ1) is 11.6. The Labute approximate surface area is 141 Å². The zero-order valence-electron chi connectivity index (χ0n) is 13.6. The summed E-state index contributed by atoms with van der Waals surface area (Å²) in [6.45, 7) is 0.469. The molecule has 126 valence electrons. The Bertz CT molecular complexity index is 696. The number of hydrogen-bond acceptors (Lipinski definition) is 1. The predicted octanol–water partition coefficient (Wildman–Crippen LogP) is 5.19. The molecule has 2 nitrogen and oxygen atoms in total. The van der Waals surface area contributed by atoms with Crippen LogP contribution in [-0.2, 0) is 0 Å². The number of carbonyl (C=O) groups is 1. The van der Waals surface area contributed by atoms with Crippen LogP contribution in [0.2, 0.25) is 0 Å². The third-order valence-corrected chi connectivity index (χ3v) is 4.63. The number of anilines is 1. The second kappa shape index (κ2) is 7.56. The van der Waals surface area contributed by atoms with Gasteiger partial charge in [-0.3, -0.25) is 4.79 Å². The van der Waals surface area contributed by atoms with Gasteiger partial charge in [-0.2, -0.15) is 0 Å². The third kappa shape index (κ3) is 3.81. The number of hydrogen-bond donors (Lipinski definition) is 0. The molecule has 0 unspecified atom stereocenters. The number of halogens is 2. The molecule has 1 saturated carbocycles. The number of rotatable bonds is 4. The van der Waals surface area contributed by atoms with Crippen LogP contribution in [0.5, 0.6) is 0 Å². The Hall–Kier alpha value is -2.23. The zero-order valence-corrected chi connectivity index (χ0v) is 13.6. The Morgan fingerprint density at radius 3 is 2.38 bits per heavy atom. The van der Waals surface area contributed by atoms with Crippen molar-refractivity contribution in [3.05, 3.63) is 65.7 Å². The normalized spacial score (nSPS) is 15.2. The van der Waals surface area contributed by atoms with E-state index in [-0.39, 0.29) is 11.6 Å². The minimum Gasteiger partial charge on any atom is -0.305 e. The van der Waals surface area contributed by atoms with Gasteiger partial charge in [0.2, 0.25) is 0 Å². The fraction of sp³-hybridized carbons (Fsp3) is 0.350. The molecule has 0 bridgehead atoms. The van der Waals surface area contributed by atoms with Crippen molar-refractivity contribution < 1.29 is 13.6 Å². The molecule has 4 heteroatoms. The van der Waals surface area contributed by atoms with Gasteiger partial charge in [0.15, 0.2) is 0 Å². The summed E-state index contributed by atoms with van der Waals surface area (Å²) in [5.41, 5.74) is 0.660. The van der Waals surface area contributed by atoms with Gasteiger partial charge < -0.3 is 4.90 Å². The molecule has 0 aliphatic heterocycles. The minimum absolute atomic E-state index is 0.149. The highest BCUT2D eigenvalue weighted by molar-refractivity contribution is 6.06. The van der Waals surface area contributed by atoms with Crippen LogP contribution in [-0.4, -0.2) is 12.5 Å². The molecule has 2 aromatic carbocycles. The van der Waals surface area contributed by atoms with E-state index in [9.17, 15) is 13.6 Å². The van der Waals surface area contributed by atoms with Crippen LogP contribution in [0.4, 0.5) is 14.5 Å². The van der Waals surface area contributed by atoms with E-state index in [0.717, 1.165) is 31.7 Å². The molecule has 0 aromatic heterocycles. The molecule has 0 heterocycles. The lowest BCUT2D eigenvalue weighted by Crippen LogP contribution is -2.36. The van der Waals surface area contributed by atoms with Crippen LogP contribution in [0, 0.1) is 17.6 Å². The van der Waals surface area contributed by atoms with Gasteiger partial charge in [0.25, 0.3) is 5.91 Å². The first-order valence-corrected chi connectivity index (χ1v) is 8.47. The van der Waals surface area contributed by atoms with Crippen molar-refractivity contribution in [1.29, 1.82) is 0 Å². The Kier molecular flexibility index (Phi) is 5.24. The average Bonchev–Trinajstić information content (AvgIpc) is 2.61. The van der Waals surface area contributed by atoms with E-state index in [0.29, 0.717) is 18.0 Å². The molecule has 24 heavy (non-hydrogen) atoms. The number of nitrogens with zero attached hydrogens (tertiary/aromatic N) is 1. The second-order valence-electron chi connectivity index (χ2n) is 6.38. The summed E-state index contributed by atoms with van der Waals surface area (Å²) in [5, 5.41) is 0. The van der Waals surface area contributed by atoms with Gasteiger partial charge >= 0.3 is 0 Å². The lowest BCUT2D eigenvalue weighted by molar-refractivity contribution is 0.0979. The highest BCUT2D eigenvalue weighted by atomic mass is 19.1. The van der Waals surface area contributed by atoms with E-state index >= 15 is 0 Å². The second-order valence-corrected chi connectivity index (χ2v) is 6.38. The minimum atomic E-state index is -0.699. The summed E-state index contributed by atoms with van der Waals surface area (Å²) in [6.07, 6.45) is 5.59. The van der Waals surface area contributed by atoms with Crippen molar-refractivity contribution in [3.63, 3.8) is 0 Å². The van der Waals surface area contributed by atoms with E-state index in [1.165, 1.54) is 23.5 Å². The average molecular weight is 329 g/mol. The molecule has 2 aromatic rings. The summed E-state index contributed by atoms with van der Waals surface area (Å²) in [4.78, 5) is 14.4. The van der Waals surface area contributed by atoms with Crippen molar-refractivity contribution >= 4 is 11.6 Å². The topological polar surface area (TPSA) is 20.3 Å². The molecular formula is C20H21F2NO. The number of carbonyl (C=O) groups excluding carboxylic acids is 1. The standard InChI is InChI=1S/C20H21F2NO/c21-17-11-12-19(18(22)13-17)23(14-15-7-3-1-4-8-15)20(24)16-9-5-2-6-10-16/h2,5-6,9-13,15H,1,3-4,7-8,14H2. The molecule has 0 atom stereocenters. The van der Waals surface area contributed by atoms with Crippen LogP contribution in [0.3, 0.4) is 0 Å². The lowest BCUT2D eigenvalue weighted by atomic mass is 9.88. The molecular weight excluding hydrogens is 308 g/mol. The van der Waals surface area contributed by atoms with Gasteiger partial charge in [-0.25, -0.2) is 8.78 Å². The van der Waals surface area contributed by atoms with E-state index in [2.05, 4.69) is 0 Å². The maximum absolute atomic E-state index is 14.3. The van der Waals surface area contributed by atoms with Crippen LogP contribution >= 0.6 is 0 Å². The fourth-order valence-electron chi connectivity index (χ4n) is 3.36. The van der Waals surface area contributed by atoms with Crippen molar-refractivity contribution in [3.8, 4) is 0 Å². The molecule has 1 aliphatic carbocycles. The summed E-state index contributed by atoms with van der Waals surface area (Å²) < 4.78 is 27.5. The molecule has 1 aliphatic rings. The first-order valence-electron chi connectivity index (χ1n) is 8.47. The van der Waals surface area contributed by atoms with E-state index in [4.69, 9.17) is 0 Å². The van der Waals surface area contributed by atoms with Crippen LogP contribution < -0.4 is 4.90 Å². The largest absolute Gasteiger partial charge is 0.305 e. The van der Waals surface area contributed by atoms with Gasteiger partial charge in [-0.05, 0) is 43.0 Å². The lowest BCUT2D eigenvalue weighted by Gasteiger charge is -2.30. The predicted molar refractivity (Wildman–Crippen MR) is 91.1 cm³/mol. The van der Waals surface area contributed by atoms with Crippen molar-refractivity contribution in [2.24, 2.45) is 5.92 Å². The summed E-state index contributed by atoms with van der Waals surface area (Å²) in [5.74, 6) is -1.22. The quantitative estimate of drug-likeness (QED) is 0.756. The molecule has 0 N–H and O–H groups in total. The molecule has 3 rings (SSSR count). The van der Waals surface area contributed by atoms with E-state index in [1.807, 2.05) is 6.07 Å². The van der Waals surface area contributed by atoms with Crippen molar-refractivity contribution in [2.45, 2.75) is 32.1 Å². The molecule has 0 radical (unpaired) electrons. The Balaban J connectivity index is 1.92. The van der Waals surface area contributed by atoms with Gasteiger partial charge in [-0.15, -0.1) is 0 Å². The van der Waals surface area contributed by atoms with E-state index < -0.39 is 11.6 Å². The summed E-state index contributed by atoms with van der Waals surface area (Å²) >= 11 is 0. The maximum atomic E-state index is 14.3. The van der Waals surface area contributed by atoms with Gasteiger partial charge in [0.05, 0.1) is 5.69 Å². The summed E-state index contributed by atoms with van der Waals surface area (Å²) in [7, 11) is 0. The number of benzene rings is 2. The van der Waals surface area contributed by atoms with Crippen LogP contribution in [0.1, 0.15) is 42.5 Å². The monoisotopic (exact) mass is 329 g/mol. The van der Waals surface area contributed by atoms with Gasteiger partial charge in [-0.1, -0.05) is 37.5 Å². The van der Waals surface area contributed by atoms with Crippen LogP contribution in [0.25, 0.3) is 0 Å². The Morgan fingerprint density at radius 1 is 1.00 bits per heavy atom. The van der Waals surface area contributed by atoms with E-state index in [1.54, 1.807) is 24.3 Å². The van der Waals surface area contributed by atoms with Crippen molar-refractivity contribution in [2.75, 3.05) is 11.4 Å². The van der Waals surface area contributed by atoms with Gasteiger partial charge in [0, 0.05) is 18.2 Å². The summed E-state index contributed by atoms with van der Waals surface area (Å²) in [6, 6.07) is 12.2. The fourth-order valence-corrected chi connectivity index (χ4v) is 3.36. The molecule has 1 amide bonds. The van der Waals surface area contributed by atoms with Crippen molar-refractivity contribution in [1.82, 2.24) is 0 Å². The number of amides is 1. The SMILES string of the molecule is O=C(c1ccccc1)N(CC1CCCCC1)c1ccc(F)cc1F. The highest BCUT2D eigenvalue weighted by Gasteiger charge is 2.25. The van der Waals surface area contributed by atoms with Crippen LogP contribution in [0.15, 0.2) is 48.5 Å². The molecule has 0 saturated heterocycles. The molecule has 0 spiro atoms. The third-order valence-electron chi connectivity index (χ3n) is 4.63.